The molecule has 0 aliphatic rings. The highest BCUT2D eigenvalue weighted by atomic mass is 14.7. The Labute approximate surface area is 94.7 Å². The zero-order valence-corrected chi connectivity index (χ0v) is 10.3. The van der Waals surface area contributed by atoms with Gasteiger partial charge in [-0.3, -0.25) is 0 Å². The van der Waals surface area contributed by atoms with Crippen LogP contribution in [0.4, 0.5) is 0 Å². The third-order valence-electron chi connectivity index (χ3n) is 2.64. The van der Waals surface area contributed by atoms with Crippen LogP contribution in [0.5, 0.6) is 0 Å². The minimum atomic E-state index is 0.847. The SMILES string of the molecule is C#CN=C(/C=C\C)CCCCC(C)CC. The highest BCUT2D eigenvalue weighted by Gasteiger charge is 1.99. The summed E-state index contributed by atoms with van der Waals surface area (Å²) in [4.78, 5) is 4.01. The number of rotatable bonds is 7. The first kappa shape index (κ1) is 14.0. The molecule has 0 rings (SSSR count). The Morgan fingerprint density at radius 2 is 2.20 bits per heavy atom. The van der Waals surface area contributed by atoms with Gasteiger partial charge in [-0.25, -0.2) is 4.99 Å². The summed E-state index contributed by atoms with van der Waals surface area (Å²) in [6.07, 6.45) is 15.2. The molecule has 84 valence electrons. The molecule has 0 fully saturated rings. The topological polar surface area (TPSA) is 12.4 Å². The molecule has 0 amide bonds. The lowest BCUT2D eigenvalue weighted by atomic mass is 10.00. The van der Waals surface area contributed by atoms with Gasteiger partial charge in [-0.05, 0) is 31.8 Å². The summed E-state index contributed by atoms with van der Waals surface area (Å²) in [7, 11) is 0. The zero-order chi connectivity index (χ0) is 11.5. The monoisotopic (exact) mass is 205 g/mol. The van der Waals surface area contributed by atoms with E-state index in [0.717, 1.165) is 18.1 Å². The molecule has 0 saturated heterocycles. The van der Waals surface area contributed by atoms with Gasteiger partial charge in [-0.15, -0.1) is 0 Å². The van der Waals surface area contributed by atoms with Crippen LogP contribution in [0, 0.1) is 18.4 Å². The van der Waals surface area contributed by atoms with Gasteiger partial charge in [0.2, 0.25) is 0 Å². The minimum Gasteiger partial charge on any atom is -0.203 e. The van der Waals surface area contributed by atoms with Gasteiger partial charge >= 0.3 is 0 Å². The maximum atomic E-state index is 5.16. The number of aliphatic imine (C=N–C) groups is 1. The summed E-state index contributed by atoms with van der Waals surface area (Å²) < 4.78 is 0. The van der Waals surface area contributed by atoms with Crippen LogP contribution >= 0.6 is 0 Å². The summed E-state index contributed by atoms with van der Waals surface area (Å²) >= 11 is 0. The van der Waals surface area contributed by atoms with Crippen molar-refractivity contribution in [2.24, 2.45) is 10.9 Å². The van der Waals surface area contributed by atoms with Crippen LogP contribution in [-0.2, 0) is 0 Å². The molecule has 0 aliphatic carbocycles. The second-order valence-corrected chi connectivity index (χ2v) is 3.99. The Kier molecular flexibility index (Phi) is 8.87. The summed E-state index contributed by atoms with van der Waals surface area (Å²) in [5.41, 5.74) is 1.03. The van der Waals surface area contributed by atoms with Crippen molar-refractivity contribution in [1.82, 2.24) is 0 Å². The van der Waals surface area contributed by atoms with E-state index < -0.39 is 0 Å². The molecule has 0 aliphatic heterocycles. The highest BCUT2D eigenvalue weighted by Crippen LogP contribution is 2.12. The van der Waals surface area contributed by atoms with Crippen LogP contribution in [0.1, 0.15) is 52.9 Å². The Morgan fingerprint density at radius 1 is 1.47 bits per heavy atom. The van der Waals surface area contributed by atoms with E-state index in [0.29, 0.717) is 0 Å². The first-order valence-corrected chi connectivity index (χ1v) is 5.89. The van der Waals surface area contributed by atoms with Crippen LogP contribution in [0.2, 0.25) is 0 Å². The zero-order valence-electron chi connectivity index (χ0n) is 10.3. The fourth-order valence-corrected chi connectivity index (χ4v) is 1.45. The van der Waals surface area contributed by atoms with Crippen LogP contribution in [0.3, 0.4) is 0 Å². The molecule has 0 N–H and O–H groups in total. The van der Waals surface area contributed by atoms with Crippen molar-refractivity contribution in [1.29, 1.82) is 0 Å². The standard InChI is InChI=1S/C14H23N/c1-5-10-14(15-7-3)12-9-8-11-13(4)6-2/h3,5,10,13H,6,8-9,11-12H2,1-2,4H3/b10-5-,15-14?. The Balaban J connectivity index is 3.74. The smallest absolute Gasteiger partial charge is 0.0507 e. The van der Waals surface area contributed by atoms with Gasteiger partial charge in [0.05, 0.1) is 5.71 Å². The molecule has 0 heterocycles. The van der Waals surface area contributed by atoms with Gasteiger partial charge < -0.3 is 0 Å². The normalized spacial score (nSPS) is 14.1. The van der Waals surface area contributed by atoms with Gasteiger partial charge in [0.15, 0.2) is 0 Å². The number of unbranched alkanes of at least 4 members (excludes halogenated alkanes) is 1. The second kappa shape index (κ2) is 9.52. The van der Waals surface area contributed by atoms with Gasteiger partial charge in [0.1, 0.15) is 0 Å². The largest absolute Gasteiger partial charge is 0.203 e. The molecule has 1 atom stereocenters. The van der Waals surface area contributed by atoms with Crippen LogP contribution < -0.4 is 0 Å². The summed E-state index contributed by atoms with van der Waals surface area (Å²) in [5.74, 6) is 0.847. The molecule has 1 unspecified atom stereocenters. The molecule has 15 heavy (non-hydrogen) atoms. The van der Waals surface area contributed by atoms with E-state index in [2.05, 4.69) is 24.9 Å². The summed E-state index contributed by atoms with van der Waals surface area (Å²) in [6, 6.07) is 2.35. The lowest BCUT2D eigenvalue weighted by Crippen LogP contribution is -1.96. The van der Waals surface area contributed by atoms with Crippen molar-refractivity contribution in [3.05, 3.63) is 12.2 Å². The molecule has 0 bridgehead atoms. The lowest BCUT2D eigenvalue weighted by Gasteiger charge is -2.07. The molecule has 1 heteroatoms. The maximum absolute atomic E-state index is 5.16. The second-order valence-electron chi connectivity index (χ2n) is 3.99. The van der Waals surface area contributed by atoms with Gasteiger partial charge in [-0.2, -0.15) is 0 Å². The lowest BCUT2D eigenvalue weighted by molar-refractivity contribution is 0.488. The third kappa shape index (κ3) is 8.00. The molecule has 0 spiro atoms. The predicted molar refractivity (Wildman–Crippen MR) is 69.0 cm³/mol. The first-order chi connectivity index (χ1) is 7.24. The molecule has 0 saturated carbocycles. The van der Waals surface area contributed by atoms with Crippen molar-refractivity contribution >= 4 is 5.71 Å². The van der Waals surface area contributed by atoms with E-state index in [1.165, 1.54) is 25.7 Å². The molecule has 0 aromatic heterocycles. The fraction of sp³-hybridized carbons (Fsp3) is 0.643. The molecule has 0 aromatic carbocycles. The van der Waals surface area contributed by atoms with E-state index in [4.69, 9.17) is 6.42 Å². The Bertz CT molecular complexity index is 243. The number of terminal acetylenes is 1. The van der Waals surface area contributed by atoms with E-state index >= 15 is 0 Å². The molecule has 1 nitrogen and oxygen atoms in total. The van der Waals surface area contributed by atoms with Crippen molar-refractivity contribution in [2.75, 3.05) is 0 Å². The van der Waals surface area contributed by atoms with Gasteiger partial charge in [0.25, 0.3) is 0 Å². The molecule has 0 radical (unpaired) electrons. The third-order valence-corrected chi connectivity index (χ3v) is 2.64. The molecule has 0 aromatic rings. The average Bonchev–Trinajstić information content (AvgIpc) is 2.24. The predicted octanol–water partition coefficient (Wildman–Crippen LogP) is 4.20. The first-order valence-electron chi connectivity index (χ1n) is 5.89. The van der Waals surface area contributed by atoms with Crippen LogP contribution in [-0.4, -0.2) is 5.71 Å². The van der Waals surface area contributed by atoms with Crippen molar-refractivity contribution in [2.45, 2.75) is 52.9 Å². The van der Waals surface area contributed by atoms with Crippen LogP contribution in [0.25, 0.3) is 0 Å². The van der Waals surface area contributed by atoms with Crippen molar-refractivity contribution in [3.8, 4) is 12.5 Å². The van der Waals surface area contributed by atoms with Crippen molar-refractivity contribution in [3.63, 3.8) is 0 Å². The molecular weight excluding hydrogens is 182 g/mol. The van der Waals surface area contributed by atoms with E-state index in [1.807, 2.05) is 19.1 Å². The fourth-order valence-electron chi connectivity index (χ4n) is 1.45. The van der Waals surface area contributed by atoms with Crippen molar-refractivity contribution < 1.29 is 0 Å². The summed E-state index contributed by atoms with van der Waals surface area (Å²) in [5, 5.41) is 0. The maximum Gasteiger partial charge on any atom is 0.0507 e. The van der Waals surface area contributed by atoms with Crippen LogP contribution in [0.15, 0.2) is 17.1 Å². The summed E-state index contributed by atoms with van der Waals surface area (Å²) in [6.45, 7) is 6.54. The van der Waals surface area contributed by atoms with E-state index in [9.17, 15) is 0 Å². The van der Waals surface area contributed by atoms with E-state index in [1.54, 1.807) is 0 Å². The van der Waals surface area contributed by atoms with Gasteiger partial charge in [0, 0.05) is 6.04 Å². The minimum absolute atomic E-state index is 0.847. The number of hydrogen-bond donors (Lipinski definition) is 0. The highest BCUT2D eigenvalue weighted by molar-refractivity contribution is 5.95. The Hall–Kier alpha value is -1.03. The number of nitrogens with zero attached hydrogens (tertiary/aromatic N) is 1. The molecular formula is C14H23N. The van der Waals surface area contributed by atoms with Gasteiger partial charge in [-0.1, -0.05) is 45.6 Å². The van der Waals surface area contributed by atoms with E-state index in [-0.39, 0.29) is 0 Å². The number of hydrogen-bond acceptors (Lipinski definition) is 1. The quantitative estimate of drug-likeness (QED) is 0.335. The number of allylic oxidation sites excluding steroid dienone is 2. The Morgan fingerprint density at radius 3 is 2.73 bits per heavy atom. The average molecular weight is 205 g/mol.